The van der Waals surface area contributed by atoms with E-state index in [9.17, 15) is 0 Å². The van der Waals surface area contributed by atoms with Gasteiger partial charge in [0, 0.05) is 49.2 Å². The van der Waals surface area contributed by atoms with Crippen LogP contribution in [-0.2, 0) is 0 Å². The Morgan fingerprint density at radius 1 is 0.926 bits per heavy atom. The summed E-state index contributed by atoms with van der Waals surface area (Å²) in [6, 6.07) is 5.94. The molecular weight excluding hydrogens is 360 g/mol. The smallest absolute Gasteiger partial charge is 0.162 e. The van der Waals surface area contributed by atoms with Crippen molar-refractivity contribution in [2.24, 2.45) is 5.41 Å². The summed E-state index contributed by atoms with van der Waals surface area (Å²) in [6.07, 6.45) is 11.0. The first-order valence-electron chi connectivity index (χ1n) is 9.31. The molecule has 3 aromatic heterocycles. The first kappa shape index (κ1) is 18.1. The minimum atomic E-state index is 0. The molecule has 0 aromatic carbocycles. The van der Waals surface area contributed by atoms with Crippen LogP contribution < -0.4 is 10.2 Å². The molecule has 0 aliphatic carbocycles. The summed E-state index contributed by atoms with van der Waals surface area (Å²) < 4.78 is 0. The molecule has 27 heavy (non-hydrogen) atoms. The van der Waals surface area contributed by atoms with E-state index in [-0.39, 0.29) is 12.4 Å². The first-order valence-corrected chi connectivity index (χ1v) is 9.31. The number of nitrogens with zero attached hydrogens (tertiary/aromatic N) is 5. The van der Waals surface area contributed by atoms with Gasteiger partial charge in [-0.2, -0.15) is 0 Å². The highest BCUT2D eigenvalue weighted by Gasteiger charge is 2.37. The van der Waals surface area contributed by atoms with Crippen LogP contribution in [0.3, 0.4) is 0 Å². The molecule has 6 nitrogen and oxygen atoms in total. The zero-order valence-electron chi connectivity index (χ0n) is 15.1. The molecule has 7 heteroatoms. The lowest BCUT2D eigenvalue weighted by molar-refractivity contribution is 0.247. The van der Waals surface area contributed by atoms with Crippen LogP contribution in [0.5, 0.6) is 0 Å². The predicted octanol–water partition coefficient (Wildman–Crippen LogP) is 3.09. The number of pyridine rings is 2. The Morgan fingerprint density at radius 2 is 1.70 bits per heavy atom. The lowest BCUT2D eigenvalue weighted by Gasteiger charge is -2.39. The summed E-state index contributed by atoms with van der Waals surface area (Å²) in [5, 5.41) is 4.62. The van der Waals surface area contributed by atoms with Crippen molar-refractivity contribution in [3.05, 3.63) is 43.0 Å². The second kappa shape index (κ2) is 7.37. The Labute approximate surface area is 164 Å². The van der Waals surface area contributed by atoms with Crippen molar-refractivity contribution in [3.8, 4) is 11.4 Å². The lowest BCUT2D eigenvalue weighted by atomic mass is 9.78. The molecule has 0 radical (unpaired) electrons. The highest BCUT2D eigenvalue weighted by atomic mass is 35.5. The van der Waals surface area contributed by atoms with Crippen LogP contribution in [0.15, 0.2) is 43.0 Å². The van der Waals surface area contributed by atoms with E-state index < -0.39 is 0 Å². The number of fused-ring (bicyclic) bond motifs is 1. The van der Waals surface area contributed by atoms with Crippen LogP contribution >= 0.6 is 12.4 Å². The number of hydrogen-bond acceptors (Lipinski definition) is 6. The quantitative estimate of drug-likeness (QED) is 0.734. The number of anilines is 1. The molecular formula is C20H23ClN6. The fraction of sp³-hybridized carbons (Fsp3) is 0.400. The summed E-state index contributed by atoms with van der Waals surface area (Å²) >= 11 is 0. The van der Waals surface area contributed by atoms with Crippen LogP contribution in [0, 0.1) is 5.41 Å². The molecule has 1 spiro atoms. The maximum Gasteiger partial charge on any atom is 0.162 e. The normalized spacial score (nSPS) is 18.6. The maximum atomic E-state index is 4.95. The molecule has 0 atom stereocenters. The molecule has 0 bridgehead atoms. The summed E-state index contributed by atoms with van der Waals surface area (Å²) in [5.41, 5.74) is 2.38. The van der Waals surface area contributed by atoms with Crippen molar-refractivity contribution >= 4 is 29.1 Å². The molecule has 0 saturated carbocycles. The number of aromatic nitrogens is 4. The van der Waals surface area contributed by atoms with Gasteiger partial charge in [-0.25, -0.2) is 9.97 Å². The summed E-state index contributed by atoms with van der Waals surface area (Å²) in [6.45, 7) is 4.42. The van der Waals surface area contributed by atoms with Crippen molar-refractivity contribution in [2.45, 2.75) is 19.3 Å². The van der Waals surface area contributed by atoms with E-state index in [1.807, 2.05) is 30.6 Å². The molecule has 1 N–H and O–H groups in total. The monoisotopic (exact) mass is 382 g/mol. The average molecular weight is 383 g/mol. The van der Waals surface area contributed by atoms with Crippen molar-refractivity contribution in [1.82, 2.24) is 25.3 Å². The number of piperidine rings is 1. The second-order valence-corrected chi connectivity index (χ2v) is 7.41. The van der Waals surface area contributed by atoms with E-state index in [1.165, 1.54) is 19.3 Å². The molecule has 140 valence electrons. The SMILES string of the molecule is Cl.c1cc(-c2nc(N3CCC4(CCNC4)CC3)c3ccncc3n2)ccn1. The van der Waals surface area contributed by atoms with E-state index in [0.29, 0.717) is 5.41 Å². The maximum absolute atomic E-state index is 4.95. The molecule has 2 saturated heterocycles. The largest absolute Gasteiger partial charge is 0.356 e. The van der Waals surface area contributed by atoms with Crippen LogP contribution in [0.4, 0.5) is 5.82 Å². The van der Waals surface area contributed by atoms with Crippen LogP contribution in [0.2, 0.25) is 0 Å². The third-order valence-corrected chi connectivity index (χ3v) is 5.87. The molecule has 2 aliphatic rings. The van der Waals surface area contributed by atoms with Gasteiger partial charge in [0.25, 0.3) is 0 Å². The van der Waals surface area contributed by atoms with Gasteiger partial charge in [-0.1, -0.05) is 0 Å². The average Bonchev–Trinajstić information content (AvgIpc) is 3.16. The standard InChI is InChI=1S/C20H22N6.ClH/c1-7-21-8-2-15(1)18-24-17-13-22-9-3-16(17)19(25-18)26-11-5-20(6-12-26)4-10-23-14-20;/h1-3,7-9,13,23H,4-6,10-12,14H2;1H. The summed E-state index contributed by atoms with van der Waals surface area (Å²) in [4.78, 5) is 20.5. The van der Waals surface area contributed by atoms with Gasteiger partial charge in [0.2, 0.25) is 0 Å². The van der Waals surface area contributed by atoms with Gasteiger partial charge < -0.3 is 10.2 Å². The highest BCUT2D eigenvalue weighted by molar-refractivity contribution is 5.90. The lowest BCUT2D eigenvalue weighted by Crippen LogP contribution is -2.41. The Bertz CT molecular complexity index is 916. The fourth-order valence-electron chi connectivity index (χ4n) is 4.25. The highest BCUT2D eigenvalue weighted by Crippen LogP contribution is 2.39. The Balaban J connectivity index is 0.00000180. The van der Waals surface area contributed by atoms with E-state index >= 15 is 0 Å². The number of rotatable bonds is 2. The third kappa shape index (κ3) is 3.35. The number of nitrogens with one attached hydrogen (secondary N) is 1. The van der Waals surface area contributed by atoms with Crippen molar-refractivity contribution in [2.75, 3.05) is 31.1 Å². The minimum absolute atomic E-state index is 0. The Kier molecular flexibility index (Phi) is 4.93. The van der Waals surface area contributed by atoms with E-state index in [2.05, 4.69) is 20.2 Å². The number of halogens is 1. The molecule has 5 heterocycles. The second-order valence-electron chi connectivity index (χ2n) is 7.41. The van der Waals surface area contributed by atoms with Gasteiger partial charge in [-0.15, -0.1) is 12.4 Å². The summed E-state index contributed by atoms with van der Waals surface area (Å²) in [5.74, 6) is 1.77. The Morgan fingerprint density at radius 3 is 2.44 bits per heavy atom. The third-order valence-electron chi connectivity index (χ3n) is 5.87. The zero-order chi connectivity index (χ0) is 17.4. The van der Waals surface area contributed by atoms with Crippen molar-refractivity contribution < 1.29 is 0 Å². The molecule has 0 unspecified atom stereocenters. The van der Waals surface area contributed by atoms with E-state index in [4.69, 9.17) is 9.97 Å². The van der Waals surface area contributed by atoms with Gasteiger partial charge in [-0.3, -0.25) is 9.97 Å². The van der Waals surface area contributed by atoms with Gasteiger partial charge in [0.05, 0.1) is 11.7 Å². The van der Waals surface area contributed by atoms with Gasteiger partial charge in [0.15, 0.2) is 5.82 Å². The topological polar surface area (TPSA) is 66.8 Å². The zero-order valence-corrected chi connectivity index (χ0v) is 16.0. The van der Waals surface area contributed by atoms with Gasteiger partial charge >= 0.3 is 0 Å². The van der Waals surface area contributed by atoms with E-state index in [0.717, 1.165) is 54.3 Å². The molecule has 2 fully saturated rings. The van der Waals surface area contributed by atoms with Crippen molar-refractivity contribution in [1.29, 1.82) is 0 Å². The minimum Gasteiger partial charge on any atom is -0.356 e. The summed E-state index contributed by atoms with van der Waals surface area (Å²) in [7, 11) is 0. The van der Waals surface area contributed by atoms with Crippen LogP contribution in [0.25, 0.3) is 22.3 Å². The first-order chi connectivity index (χ1) is 12.8. The number of hydrogen-bond donors (Lipinski definition) is 1. The van der Waals surface area contributed by atoms with Crippen LogP contribution in [0.1, 0.15) is 19.3 Å². The Hall–Kier alpha value is -2.31. The predicted molar refractivity (Wildman–Crippen MR) is 109 cm³/mol. The molecule has 3 aromatic rings. The van der Waals surface area contributed by atoms with Crippen LogP contribution in [-0.4, -0.2) is 46.1 Å². The molecule has 0 amide bonds. The van der Waals surface area contributed by atoms with Gasteiger partial charge in [-0.05, 0) is 49.4 Å². The van der Waals surface area contributed by atoms with Gasteiger partial charge in [0.1, 0.15) is 5.82 Å². The molecule has 2 aliphatic heterocycles. The molecule has 5 rings (SSSR count). The van der Waals surface area contributed by atoms with E-state index in [1.54, 1.807) is 12.4 Å². The van der Waals surface area contributed by atoms with Crippen molar-refractivity contribution in [3.63, 3.8) is 0 Å². The fourth-order valence-corrected chi connectivity index (χ4v) is 4.25.